The van der Waals surface area contributed by atoms with E-state index in [1.165, 1.54) is 0 Å². The number of nitriles is 1. The van der Waals surface area contributed by atoms with Gasteiger partial charge in [-0.3, -0.25) is 4.21 Å². The van der Waals surface area contributed by atoms with Gasteiger partial charge in [0.1, 0.15) is 6.54 Å². The minimum absolute atomic E-state index is 0.0962. The maximum atomic E-state index is 11.1. The summed E-state index contributed by atoms with van der Waals surface area (Å²) in [5.41, 5.74) is 2.01. The van der Waals surface area contributed by atoms with Gasteiger partial charge in [-0.2, -0.15) is 5.26 Å². The molecule has 106 valence electrons. The molecule has 1 aromatic heterocycles. The summed E-state index contributed by atoms with van der Waals surface area (Å²) in [7, 11) is 0. The molecule has 0 fully saturated rings. The van der Waals surface area contributed by atoms with E-state index < -0.39 is 11.1 Å². The Balaban J connectivity index is 2.76. The third-order valence-corrected chi connectivity index (χ3v) is 3.85. The summed E-state index contributed by atoms with van der Waals surface area (Å²) in [6, 6.07) is 7.19. The normalized spacial score (nSPS) is 12.5. The Kier molecular flexibility index (Phi) is 4.78. The monoisotopic (exact) mass is 311 g/mol. The van der Waals surface area contributed by atoms with Crippen LogP contribution in [0, 0.1) is 11.3 Å². The molecular weight excluding hydrogens is 300 g/mol. The second-order valence-electron chi connectivity index (χ2n) is 4.25. The van der Waals surface area contributed by atoms with Crippen molar-refractivity contribution in [3.05, 3.63) is 34.5 Å². The summed E-state index contributed by atoms with van der Waals surface area (Å²) in [4.78, 5) is 0. The first kappa shape index (κ1) is 15.0. The number of benzene rings is 1. The number of rotatable bonds is 5. The molecule has 0 amide bonds. The molecule has 1 heterocycles. The van der Waals surface area contributed by atoms with Gasteiger partial charge in [0.25, 0.3) is 0 Å². The molecule has 0 saturated heterocycles. The molecule has 0 spiro atoms. The van der Waals surface area contributed by atoms with Gasteiger partial charge in [-0.1, -0.05) is 22.7 Å². The number of nitrogens with zero attached hydrogens (tertiary/aromatic N) is 2. The molecule has 0 radical (unpaired) electrons. The van der Waals surface area contributed by atoms with Crippen molar-refractivity contribution in [2.24, 2.45) is 0 Å². The number of fused-ring (bicyclic) bond motifs is 1. The van der Waals surface area contributed by atoms with Crippen molar-refractivity contribution in [3.63, 3.8) is 0 Å². The summed E-state index contributed by atoms with van der Waals surface area (Å²) in [6.45, 7) is -0.0209. The SMILES string of the molecule is N#CCn1c(CCO)c(CS(=O)[O-])c2cc(Cl)ccc21. The molecule has 2 rings (SSSR count). The fourth-order valence-corrected chi connectivity index (χ4v) is 3.10. The topological polar surface area (TPSA) is 89.1 Å². The van der Waals surface area contributed by atoms with Crippen molar-refractivity contribution in [1.29, 1.82) is 5.26 Å². The lowest BCUT2D eigenvalue weighted by atomic mass is 10.1. The maximum Gasteiger partial charge on any atom is 0.110 e. The van der Waals surface area contributed by atoms with E-state index in [9.17, 15) is 13.9 Å². The van der Waals surface area contributed by atoms with Gasteiger partial charge in [-0.15, -0.1) is 0 Å². The van der Waals surface area contributed by atoms with Crippen molar-refractivity contribution in [2.75, 3.05) is 6.61 Å². The molecule has 20 heavy (non-hydrogen) atoms. The fourth-order valence-electron chi connectivity index (χ4n) is 2.37. The van der Waals surface area contributed by atoms with E-state index >= 15 is 0 Å². The van der Waals surface area contributed by atoms with Crippen molar-refractivity contribution in [2.45, 2.75) is 18.7 Å². The molecule has 1 atom stereocenters. The minimum Gasteiger partial charge on any atom is -0.772 e. The molecule has 5 nitrogen and oxygen atoms in total. The molecule has 0 bridgehead atoms. The van der Waals surface area contributed by atoms with E-state index in [1.807, 2.05) is 0 Å². The highest BCUT2D eigenvalue weighted by molar-refractivity contribution is 7.78. The Bertz CT molecular complexity index is 706. The highest BCUT2D eigenvalue weighted by Crippen LogP contribution is 2.30. The summed E-state index contributed by atoms with van der Waals surface area (Å²) in [5.74, 6) is -0.162. The van der Waals surface area contributed by atoms with Gasteiger partial charge in [0.2, 0.25) is 0 Å². The van der Waals surface area contributed by atoms with Gasteiger partial charge in [-0.05, 0) is 23.8 Å². The Labute approximate surface area is 123 Å². The molecule has 1 N–H and O–H groups in total. The van der Waals surface area contributed by atoms with Crippen molar-refractivity contribution in [1.82, 2.24) is 4.57 Å². The van der Waals surface area contributed by atoms with Crippen LogP contribution in [0.25, 0.3) is 10.9 Å². The Morgan fingerprint density at radius 3 is 2.85 bits per heavy atom. The average molecular weight is 312 g/mol. The highest BCUT2D eigenvalue weighted by atomic mass is 35.5. The second-order valence-corrected chi connectivity index (χ2v) is 5.59. The van der Waals surface area contributed by atoms with E-state index in [2.05, 4.69) is 6.07 Å². The van der Waals surface area contributed by atoms with Crippen LogP contribution in [0.3, 0.4) is 0 Å². The maximum absolute atomic E-state index is 11.1. The standard InChI is InChI=1S/C13H13ClN2O3S/c14-9-1-2-12-10(7-9)11(8-20(18)19)13(3-6-17)16(12)5-4-15/h1-2,7,17H,3,5-6,8H2,(H,18,19)/p-1. The van der Waals surface area contributed by atoms with Crippen molar-refractivity contribution < 1.29 is 13.9 Å². The quantitative estimate of drug-likeness (QED) is 0.852. The van der Waals surface area contributed by atoms with Crippen LogP contribution in [0.5, 0.6) is 0 Å². The highest BCUT2D eigenvalue weighted by Gasteiger charge is 2.17. The zero-order valence-electron chi connectivity index (χ0n) is 10.5. The Morgan fingerprint density at radius 1 is 1.50 bits per heavy atom. The van der Waals surface area contributed by atoms with Crippen LogP contribution in [0.1, 0.15) is 11.3 Å². The Morgan fingerprint density at radius 2 is 2.25 bits per heavy atom. The smallest absolute Gasteiger partial charge is 0.110 e. The predicted molar refractivity (Wildman–Crippen MR) is 76.0 cm³/mol. The molecule has 0 saturated carbocycles. The first-order valence-electron chi connectivity index (χ1n) is 5.91. The van der Waals surface area contributed by atoms with Crippen LogP contribution < -0.4 is 0 Å². The zero-order chi connectivity index (χ0) is 14.7. The number of aliphatic hydroxyl groups excluding tert-OH is 1. The number of aromatic nitrogens is 1. The first-order valence-corrected chi connectivity index (χ1v) is 7.53. The van der Waals surface area contributed by atoms with Crippen LogP contribution in [-0.4, -0.2) is 25.0 Å². The van der Waals surface area contributed by atoms with E-state index in [0.717, 1.165) is 5.52 Å². The molecule has 0 aliphatic rings. The zero-order valence-corrected chi connectivity index (χ0v) is 12.1. The van der Waals surface area contributed by atoms with E-state index in [0.29, 0.717) is 28.1 Å². The van der Waals surface area contributed by atoms with Gasteiger partial charge < -0.3 is 14.2 Å². The van der Waals surface area contributed by atoms with Crippen LogP contribution in [-0.2, 0) is 29.8 Å². The van der Waals surface area contributed by atoms with E-state index in [-0.39, 0.29) is 18.9 Å². The van der Waals surface area contributed by atoms with Gasteiger partial charge in [0.05, 0.1) is 6.07 Å². The van der Waals surface area contributed by atoms with Crippen LogP contribution in [0.15, 0.2) is 18.2 Å². The van der Waals surface area contributed by atoms with Crippen LogP contribution in [0.2, 0.25) is 5.02 Å². The Hall–Kier alpha value is -1.39. The third-order valence-electron chi connectivity index (χ3n) is 3.09. The lowest BCUT2D eigenvalue weighted by Gasteiger charge is -2.09. The van der Waals surface area contributed by atoms with Gasteiger partial charge >= 0.3 is 0 Å². The molecular formula is C13H12ClN2O3S-. The molecule has 1 unspecified atom stereocenters. The summed E-state index contributed by atoms with van der Waals surface area (Å²) in [6.07, 6.45) is 0.292. The molecule has 0 aliphatic carbocycles. The average Bonchev–Trinajstić information content (AvgIpc) is 2.65. The predicted octanol–water partition coefficient (Wildman–Crippen LogP) is 1.73. The fraction of sp³-hybridized carbons (Fsp3) is 0.308. The molecule has 7 heteroatoms. The summed E-state index contributed by atoms with van der Waals surface area (Å²) < 4.78 is 23.8. The van der Waals surface area contributed by atoms with Crippen molar-refractivity contribution in [3.8, 4) is 6.07 Å². The lowest BCUT2D eigenvalue weighted by molar-refractivity contribution is 0.296. The number of halogens is 1. The number of hydrogen-bond acceptors (Lipinski definition) is 4. The number of hydrogen-bond donors (Lipinski definition) is 1. The molecule has 2 aromatic rings. The van der Waals surface area contributed by atoms with Gasteiger partial charge in [0.15, 0.2) is 0 Å². The van der Waals surface area contributed by atoms with E-state index in [1.54, 1.807) is 22.8 Å². The van der Waals surface area contributed by atoms with Gasteiger partial charge in [0, 0.05) is 40.4 Å². The summed E-state index contributed by atoms with van der Waals surface area (Å²) >= 11 is 3.71. The second kappa shape index (κ2) is 6.37. The third kappa shape index (κ3) is 2.86. The molecule has 1 aromatic carbocycles. The number of aliphatic hydroxyl groups is 1. The van der Waals surface area contributed by atoms with Gasteiger partial charge in [-0.25, -0.2) is 0 Å². The van der Waals surface area contributed by atoms with Crippen molar-refractivity contribution >= 4 is 33.6 Å². The first-order chi connectivity index (χ1) is 9.58. The largest absolute Gasteiger partial charge is 0.772 e. The van der Waals surface area contributed by atoms with E-state index in [4.69, 9.17) is 16.9 Å². The lowest BCUT2D eigenvalue weighted by Crippen LogP contribution is -2.07. The van der Waals surface area contributed by atoms with Crippen LogP contribution >= 0.6 is 11.6 Å². The summed E-state index contributed by atoms with van der Waals surface area (Å²) in [5, 5.41) is 19.3. The minimum atomic E-state index is -2.25. The van der Waals surface area contributed by atoms with Crippen LogP contribution in [0.4, 0.5) is 0 Å². The molecule has 0 aliphatic heterocycles.